The van der Waals surface area contributed by atoms with Gasteiger partial charge in [-0.2, -0.15) is 5.26 Å². The molecule has 0 heterocycles. The van der Waals surface area contributed by atoms with Gasteiger partial charge < -0.3 is 5.11 Å². The van der Waals surface area contributed by atoms with Gasteiger partial charge in [-0.3, -0.25) is 0 Å². The van der Waals surface area contributed by atoms with E-state index in [9.17, 15) is 4.79 Å². The summed E-state index contributed by atoms with van der Waals surface area (Å²) in [7, 11) is 0. The largest absolute Gasteiger partial charge is 0.477 e. The topological polar surface area (TPSA) is 61.1 Å². The second-order valence-corrected chi connectivity index (χ2v) is 2.01. The maximum atomic E-state index is 10.2. The summed E-state index contributed by atoms with van der Waals surface area (Å²) in [5.74, 6) is -1.27. The van der Waals surface area contributed by atoms with Crippen LogP contribution in [0.3, 0.4) is 0 Å². The minimum absolute atomic E-state index is 0.0926. The highest BCUT2D eigenvalue weighted by atomic mass is 35.5. The first-order chi connectivity index (χ1) is 4.63. The van der Waals surface area contributed by atoms with Gasteiger partial charge in [-0.15, -0.1) is 0 Å². The van der Waals surface area contributed by atoms with Gasteiger partial charge >= 0.3 is 5.97 Å². The number of hydrogen-bond donors (Lipinski definition) is 1. The van der Waals surface area contributed by atoms with Gasteiger partial charge in [-0.25, -0.2) is 4.79 Å². The van der Waals surface area contributed by atoms with Gasteiger partial charge in [0.2, 0.25) is 0 Å². The minimum atomic E-state index is -1.27. The molecular formula is C6H6ClNO2. The summed E-state index contributed by atoms with van der Waals surface area (Å²) in [4.78, 5) is 10.2. The molecule has 0 amide bonds. The van der Waals surface area contributed by atoms with E-state index < -0.39 is 5.97 Å². The summed E-state index contributed by atoms with van der Waals surface area (Å²) < 4.78 is 0. The number of hydrogen-bond acceptors (Lipinski definition) is 2. The van der Waals surface area contributed by atoms with Crippen molar-refractivity contribution in [3.63, 3.8) is 0 Å². The number of carboxylic acids is 1. The molecule has 0 atom stereocenters. The molecule has 0 fully saturated rings. The van der Waals surface area contributed by atoms with Crippen LogP contribution in [-0.2, 0) is 4.79 Å². The lowest BCUT2D eigenvalue weighted by atomic mass is 10.2. The molecule has 3 nitrogen and oxygen atoms in total. The van der Waals surface area contributed by atoms with Gasteiger partial charge in [0.1, 0.15) is 6.07 Å². The van der Waals surface area contributed by atoms with Crippen molar-refractivity contribution in [2.75, 3.05) is 0 Å². The van der Waals surface area contributed by atoms with Gasteiger partial charge in [0.15, 0.2) is 5.57 Å². The summed E-state index contributed by atoms with van der Waals surface area (Å²) >= 11 is 5.40. The lowest BCUT2D eigenvalue weighted by Crippen LogP contribution is -1.99. The summed E-state index contributed by atoms with van der Waals surface area (Å²) in [6.45, 7) is 1.68. The number of aliphatic carboxylic acids is 1. The van der Waals surface area contributed by atoms with E-state index in [0.717, 1.165) is 0 Å². The van der Waals surface area contributed by atoms with Crippen LogP contribution in [0.5, 0.6) is 0 Å². The molecule has 0 aromatic rings. The molecule has 54 valence electrons. The van der Waals surface area contributed by atoms with Crippen molar-refractivity contribution < 1.29 is 9.90 Å². The maximum absolute atomic E-state index is 10.2. The Labute approximate surface area is 63.5 Å². The molecule has 4 heteroatoms. The second-order valence-electron chi connectivity index (χ2n) is 1.55. The fourth-order valence-electron chi connectivity index (χ4n) is 0.401. The van der Waals surface area contributed by atoms with Crippen molar-refractivity contribution in [1.29, 1.82) is 5.26 Å². The number of nitriles is 1. The SMILES string of the molecule is CCC(Cl)=C(C#N)C(=O)O. The lowest BCUT2D eigenvalue weighted by Gasteiger charge is -1.92. The highest BCUT2D eigenvalue weighted by Gasteiger charge is 2.09. The highest BCUT2D eigenvalue weighted by molar-refractivity contribution is 6.32. The zero-order valence-electron chi connectivity index (χ0n) is 5.39. The standard InChI is InChI=1S/C6H6ClNO2/c1-2-5(7)4(3-8)6(9)10/h2H2,1H3,(H,9,10). The Morgan fingerprint density at radius 2 is 2.30 bits per heavy atom. The second kappa shape index (κ2) is 3.91. The molecular weight excluding hydrogens is 154 g/mol. The van der Waals surface area contributed by atoms with Crippen LogP contribution in [0.15, 0.2) is 10.6 Å². The van der Waals surface area contributed by atoms with Crippen LogP contribution in [0.1, 0.15) is 13.3 Å². The zero-order valence-corrected chi connectivity index (χ0v) is 6.14. The predicted molar refractivity (Wildman–Crippen MR) is 36.4 cm³/mol. The number of carboxylic acid groups (broad SMARTS) is 1. The van der Waals surface area contributed by atoms with Crippen LogP contribution in [-0.4, -0.2) is 11.1 Å². The molecule has 0 aliphatic carbocycles. The third kappa shape index (κ3) is 2.08. The third-order valence-corrected chi connectivity index (χ3v) is 1.36. The Hall–Kier alpha value is -1.01. The Morgan fingerprint density at radius 1 is 1.80 bits per heavy atom. The van der Waals surface area contributed by atoms with E-state index in [1.54, 1.807) is 6.92 Å². The van der Waals surface area contributed by atoms with Gasteiger partial charge in [-0.05, 0) is 6.42 Å². The van der Waals surface area contributed by atoms with Crippen molar-refractivity contribution in [3.05, 3.63) is 10.6 Å². The predicted octanol–water partition coefficient (Wildman–Crippen LogP) is 1.50. The molecule has 0 aliphatic heterocycles. The van der Waals surface area contributed by atoms with E-state index in [2.05, 4.69) is 0 Å². The Balaban J connectivity index is 4.68. The van der Waals surface area contributed by atoms with E-state index >= 15 is 0 Å². The molecule has 0 aromatic carbocycles. The number of nitrogens with zero attached hydrogens (tertiary/aromatic N) is 1. The number of allylic oxidation sites excluding steroid dienone is 1. The van der Waals surface area contributed by atoms with Crippen LogP contribution >= 0.6 is 11.6 Å². The smallest absolute Gasteiger partial charge is 0.347 e. The summed E-state index contributed by atoms with van der Waals surface area (Å²) in [6, 6.07) is 1.50. The number of rotatable bonds is 2. The molecule has 0 unspecified atom stereocenters. The molecule has 0 spiro atoms. The zero-order chi connectivity index (χ0) is 8.15. The fourth-order valence-corrected chi connectivity index (χ4v) is 0.524. The number of halogens is 1. The first-order valence-corrected chi connectivity index (χ1v) is 3.03. The van der Waals surface area contributed by atoms with E-state index in [-0.39, 0.29) is 10.6 Å². The van der Waals surface area contributed by atoms with Gasteiger partial charge in [0.05, 0.1) is 0 Å². The quantitative estimate of drug-likeness (QED) is 0.491. The summed E-state index contributed by atoms with van der Waals surface area (Å²) in [5.41, 5.74) is -0.371. The average molecular weight is 160 g/mol. The third-order valence-electron chi connectivity index (χ3n) is 0.907. The van der Waals surface area contributed by atoms with Gasteiger partial charge in [0.25, 0.3) is 0 Å². The van der Waals surface area contributed by atoms with Crippen LogP contribution in [0.25, 0.3) is 0 Å². The fraction of sp³-hybridized carbons (Fsp3) is 0.333. The Bertz CT molecular complexity index is 214. The molecule has 0 bridgehead atoms. The van der Waals surface area contributed by atoms with Crippen LogP contribution in [0, 0.1) is 11.3 Å². The molecule has 0 rings (SSSR count). The lowest BCUT2D eigenvalue weighted by molar-refractivity contribution is -0.132. The minimum Gasteiger partial charge on any atom is -0.477 e. The molecule has 0 saturated carbocycles. The van der Waals surface area contributed by atoms with E-state index in [0.29, 0.717) is 6.42 Å². The van der Waals surface area contributed by atoms with Crippen molar-refractivity contribution in [1.82, 2.24) is 0 Å². The monoisotopic (exact) mass is 159 g/mol. The molecule has 1 N–H and O–H groups in total. The molecule has 0 aromatic heterocycles. The van der Waals surface area contributed by atoms with E-state index in [1.165, 1.54) is 6.07 Å². The maximum Gasteiger partial charge on any atom is 0.347 e. The van der Waals surface area contributed by atoms with Crippen LogP contribution in [0.4, 0.5) is 0 Å². The first kappa shape index (κ1) is 8.99. The highest BCUT2D eigenvalue weighted by Crippen LogP contribution is 2.12. The molecule has 10 heavy (non-hydrogen) atoms. The van der Waals surface area contributed by atoms with Crippen LogP contribution < -0.4 is 0 Å². The van der Waals surface area contributed by atoms with Crippen molar-refractivity contribution >= 4 is 17.6 Å². The Morgan fingerprint density at radius 3 is 2.40 bits per heavy atom. The van der Waals surface area contributed by atoms with Gasteiger partial charge in [0, 0.05) is 5.03 Å². The van der Waals surface area contributed by atoms with Crippen LogP contribution in [0.2, 0.25) is 0 Å². The van der Waals surface area contributed by atoms with E-state index in [1.807, 2.05) is 0 Å². The van der Waals surface area contributed by atoms with Crippen molar-refractivity contribution in [2.24, 2.45) is 0 Å². The molecule has 0 aliphatic rings. The van der Waals surface area contributed by atoms with E-state index in [4.69, 9.17) is 22.0 Å². The average Bonchev–Trinajstić information content (AvgIpc) is 1.88. The summed E-state index contributed by atoms with van der Waals surface area (Å²) in [5, 5.41) is 16.6. The molecule has 0 saturated heterocycles. The summed E-state index contributed by atoms with van der Waals surface area (Å²) in [6.07, 6.45) is 0.372. The van der Waals surface area contributed by atoms with Crippen molar-refractivity contribution in [2.45, 2.75) is 13.3 Å². The first-order valence-electron chi connectivity index (χ1n) is 2.65. The number of carbonyl (C=O) groups is 1. The molecule has 0 radical (unpaired) electrons. The normalized spacial score (nSPS) is 11.7. The van der Waals surface area contributed by atoms with Crippen molar-refractivity contribution in [3.8, 4) is 6.07 Å². The van der Waals surface area contributed by atoms with Gasteiger partial charge in [-0.1, -0.05) is 18.5 Å². The Kier molecular flexibility index (Phi) is 3.52.